The molecule has 0 radical (unpaired) electrons. The summed E-state index contributed by atoms with van der Waals surface area (Å²) in [7, 11) is 0. The third-order valence-corrected chi connectivity index (χ3v) is 4.73. The van der Waals surface area contributed by atoms with Gasteiger partial charge in [0.1, 0.15) is 6.07 Å². The molecule has 0 unspecified atom stereocenters. The Kier molecular flexibility index (Phi) is 3.33. The highest BCUT2D eigenvalue weighted by Gasteiger charge is 2.50. The van der Waals surface area contributed by atoms with E-state index in [1.54, 1.807) is 17.9 Å². The molecule has 1 aliphatic carbocycles. The van der Waals surface area contributed by atoms with Crippen molar-refractivity contribution in [1.29, 1.82) is 5.26 Å². The molecule has 2 rings (SSSR count). The summed E-state index contributed by atoms with van der Waals surface area (Å²) in [5.74, 6) is -0.0777. The van der Waals surface area contributed by atoms with Crippen molar-refractivity contribution in [3.05, 3.63) is 23.3 Å². The first-order valence-corrected chi connectivity index (χ1v) is 6.93. The molecule has 2 aliphatic rings. The zero-order valence-electron chi connectivity index (χ0n) is 12.5. The quantitative estimate of drug-likeness (QED) is 0.688. The minimum atomic E-state index is -0.628. The maximum absolute atomic E-state index is 12.5. The van der Waals surface area contributed by atoms with E-state index >= 15 is 0 Å². The molecule has 0 spiro atoms. The number of nitriles is 1. The minimum absolute atomic E-state index is 0.0172. The topological polar surface area (TPSA) is 61.2 Å². The Morgan fingerprint density at radius 1 is 1.50 bits per heavy atom. The first-order chi connectivity index (χ1) is 9.28. The van der Waals surface area contributed by atoms with Gasteiger partial charge in [0.2, 0.25) is 5.91 Å². The second kappa shape index (κ2) is 4.59. The Morgan fingerprint density at radius 2 is 2.15 bits per heavy atom. The van der Waals surface area contributed by atoms with Crippen molar-refractivity contribution in [1.82, 2.24) is 4.90 Å². The van der Waals surface area contributed by atoms with Crippen LogP contribution in [0, 0.1) is 22.2 Å². The van der Waals surface area contributed by atoms with Crippen molar-refractivity contribution in [2.24, 2.45) is 10.8 Å². The molecule has 4 nitrogen and oxygen atoms in total. The lowest BCUT2D eigenvalue weighted by Crippen LogP contribution is -2.50. The maximum atomic E-state index is 12.5. The van der Waals surface area contributed by atoms with E-state index in [0.717, 1.165) is 5.57 Å². The van der Waals surface area contributed by atoms with Crippen LogP contribution in [0.4, 0.5) is 0 Å². The Bertz CT molecular complexity index is 582. The Balaban J connectivity index is 2.60. The summed E-state index contributed by atoms with van der Waals surface area (Å²) < 4.78 is 0. The van der Waals surface area contributed by atoms with Crippen LogP contribution in [0.1, 0.15) is 34.1 Å². The van der Waals surface area contributed by atoms with E-state index in [0.29, 0.717) is 19.5 Å². The van der Waals surface area contributed by atoms with Crippen LogP contribution in [-0.2, 0) is 9.59 Å². The number of hydrogen-bond acceptors (Lipinski definition) is 3. The van der Waals surface area contributed by atoms with Gasteiger partial charge in [0.15, 0.2) is 5.78 Å². The summed E-state index contributed by atoms with van der Waals surface area (Å²) in [4.78, 5) is 25.9. The molecular weight excluding hydrogens is 252 g/mol. The number of nitrogens with zero attached hydrogens (tertiary/aromatic N) is 2. The Labute approximate surface area is 119 Å². The summed E-state index contributed by atoms with van der Waals surface area (Å²) in [5.41, 5.74) is 0.221. The van der Waals surface area contributed by atoms with Gasteiger partial charge in [0.25, 0.3) is 0 Å². The molecule has 20 heavy (non-hydrogen) atoms. The Morgan fingerprint density at radius 3 is 2.65 bits per heavy atom. The summed E-state index contributed by atoms with van der Waals surface area (Å²) in [6.07, 6.45) is 4.40. The molecule has 0 aromatic heterocycles. The SMILES string of the molecule is CC[C@]1(C)C(=O)C(C#N)=C[C@@]2(C)CN(C(C)=O)CC=C12. The maximum Gasteiger partial charge on any atom is 0.219 e. The van der Waals surface area contributed by atoms with E-state index in [9.17, 15) is 14.9 Å². The lowest BCUT2D eigenvalue weighted by molar-refractivity contribution is -0.130. The standard InChI is InChI=1S/C16H20N2O2/c1-5-16(4)13-6-7-18(11(2)19)10-15(13,3)8-12(9-17)14(16)20/h6,8H,5,7,10H2,1-4H3/t15-,16-/m0/s1. The number of Topliss-reactive ketones (excluding diaryl/α,β-unsaturated/α-hetero) is 1. The van der Waals surface area contributed by atoms with Crippen LogP contribution in [0.5, 0.6) is 0 Å². The van der Waals surface area contributed by atoms with Gasteiger partial charge < -0.3 is 4.90 Å². The average molecular weight is 272 g/mol. The highest BCUT2D eigenvalue weighted by molar-refractivity contribution is 6.06. The zero-order chi connectivity index (χ0) is 15.1. The van der Waals surface area contributed by atoms with E-state index in [-0.39, 0.29) is 17.3 Å². The lowest BCUT2D eigenvalue weighted by Gasteiger charge is -2.48. The predicted molar refractivity (Wildman–Crippen MR) is 75.5 cm³/mol. The number of carbonyl (C=O) groups is 2. The minimum Gasteiger partial charge on any atom is -0.338 e. The predicted octanol–water partition coefficient (Wildman–Crippen LogP) is 2.23. The van der Waals surface area contributed by atoms with E-state index in [2.05, 4.69) is 0 Å². The monoisotopic (exact) mass is 272 g/mol. The van der Waals surface area contributed by atoms with Crippen LogP contribution >= 0.6 is 0 Å². The van der Waals surface area contributed by atoms with Gasteiger partial charge in [0, 0.05) is 25.4 Å². The zero-order valence-corrected chi connectivity index (χ0v) is 12.5. The van der Waals surface area contributed by atoms with Gasteiger partial charge in [-0.1, -0.05) is 26.0 Å². The van der Waals surface area contributed by atoms with Gasteiger partial charge in [-0.25, -0.2) is 0 Å². The second-order valence-corrected chi connectivity index (χ2v) is 6.12. The number of allylic oxidation sites excluding steroid dienone is 1. The molecular formula is C16H20N2O2. The number of ketones is 1. The molecule has 0 aromatic carbocycles. The molecule has 4 heteroatoms. The normalized spacial score (nSPS) is 33.0. The van der Waals surface area contributed by atoms with Gasteiger partial charge in [-0.15, -0.1) is 0 Å². The van der Waals surface area contributed by atoms with Gasteiger partial charge in [-0.2, -0.15) is 5.26 Å². The lowest BCUT2D eigenvalue weighted by atomic mass is 9.58. The molecule has 0 aromatic rings. The van der Waals surface area contributed by atoms with Crippen LogP contribution in [-0.4, -0.2) is 29.7 Å². The first kappa shape index (κ1) is 14.5. The molecule has 0 fully saturated rings. The molecule has 0 bridgehead atoms. The van der Waals surface area contributed by atoms with Crippen LogP contribution in [0.25, 0.3) is 0 Å². The highest BCUT2D eigenvalue weighted by atomic mass is 16.2. The number of amides is 1. The summed E-state index contributed by atoms with van der Waals surface area (Å²) in [6.45, 7) is 8.50. The molecule has 1 aliphatic heterocycles. The fourth-order valence-electron chi connectivity index (χ4n) is 3.44. The smallest absolute Gasteiger partial charge is 0.219 e. The third-order valence-electron chi connectivity index (χ3n) is 4.73. The van der Waals surface area contributed by atoms with E-state index in [1.807, 2.05) is 32.9 Å². The second-order valence-electron chi connectivity index (χ2n) is 6.12. The summed E-state index contributed by atoms with van der Waals surface area (Å²) >= 11 is 0. The van der Waals surface area contributed by atoms with Gasteiger partial charge in [0.05, 0.1) is 11.0 Å². The van der Waals surface area contributed by atoms with Crippen LogP contribution < -0.4 is 0 Å². The first-order valence-electron chi connectivity index (χ1n) is 6.93. The van der Waals surface area contributed by atoms with Crippen molar-refractivity contribution < 1.29 is 9.59 Å². The molecule has 106 valence electrons. The van der Waals surface area contributed by atoms with Gasteiger partial charge >= 0.3 is 0 Å². The van der Waals surface area contributed by atoms with E-state index in [1.165, 1.54) is 0 Å². The molecule has 1 amide bonds. The third kappa shape index (κ3) is 1.89. The van der Waals surface area contributed by atoms with Crippen molar-refractivity contribution in [2.45, 2.75) is 34.1 Å². The number of fused-ring (bicyclic) bond motifs is 1. The van der Waals surface area contributed by atoms with E-state index < -0.39 is 10.8 Å². The molecule has 2 atom stereocenters. The van der Waals surface area contributed by atoms with Crippen molar-refractivity contribution in [3.63, 3.8) is 0 Å². The fourth-order valence-corrected chi connectivity index (χ4v) is 3.44. The summed E-state index contributed by atoms with van der Waals surface area (Å²) in [6, 6.07) is 2.03. The molecule has 1 heterocycles. The Hall–Kier alpha value is -1.89. The van der Waals surface area contributed by atoms with Crippen LogP contribution in [0.15, 0.2) is 23.3 Å². The molecule has 0 saturated heterocycles. The molecule has 0 N–H and O–H groups in total. The van der Waals surface area contributed by atoms with Gasteiger partial charge in [-0.3, -0.25) is 9.59 Å². The van der Waals surface area contributed by atoms with Crippen LogP contribution in [0.2, 0.25) is 0 Å². The van der Waals surface area contributed by atoms with Crippen molar-refractivity contribution in [3.8, 4) is 6.07 Å². The fraction of sp³-hybridized carbons (Fsp3) is 0.562. The average Bonchev–Trinajstić information content (AvgIpc) is 2.42. The molecule has 0 saturated carbocycles. The van der Waals surface area contributed by atoms with Crippen LogP contribution in [0.3, 0.4) is 0 Å². The van der Waals surface area contributed by atoms with E-state index in [4.69, 9.17) is 0 Å². The number of hydrogen-bond donors (Lipinski definition) is 0. The number of carbonyl (C=O) groups excluding carboxylic acids is 2. The largest absolute Gasteiger partial charge is 0.338 e. The van der Waals surface area contributed by atoms with Gasteiger partial charge in [-0.05, 0) is 18.9 Å². The highest BCUT2D eigenvalue weighted by Crippen LogP contribution is 2.51. The van der Waals surface area contributed by atoms with Crippen molar-refractivity contribution in [2.75, 3.05) is 13.1 Å². The number of rotatable bonds is 1. The van der Waals surface area contributed by atoms with Crippen molar-refractivity contribution >= 4 is 11.7 Å². The summed E-state index contributed by atoms with van der Waals surface area (Å²) in [5, 5.41) is 9.23.